The maximum Gasteiger partial charge on any atom is 0.243 e. The van der Waals surface area contributed by atoms with Crippen LogP contribution in [-0.4, -0.2) is 54.1 Å². The number of benzene rings is 2. The molecule has 9 heteroatoms. The molecule has 1 atom stereocenters. The summed E-state index contributed by atoms with van der Waals surface area (Å²) in [5.41, 5.74) is 2.42. The number of anilines is 2. The van der Waals surface area contributed by atoms with Gasteiger partial charge in [0, 0.05) is 26.6 Å². The number of carbonyl (C=O) groups excluding carboxylic acids is 1. The summed E-state index contributed by atoms with van der Waals surface area (Å²) in [6.45, 7) is 2.34. The third-order valence-corrected chi connectivity index (χ3v) is 6.41. The molecule has 0 radical (unpaired) electrons. The van der Waals surface area contributed by atoms with Gasteiger partial charge < -0.3 is 15.3 Å². The summed E-state index contributed by atoms with van der Waals surface area (Å²) in [6.07, 6.45) is 1.57. The summed E-state index contributed by atoms with van der Waals surface area (Å²) in [7, 11) is -0.546. The summed E-state index contributed by atoms with van der Waals surface area (Å²) in [6, 6.07) is 17.1. The Kier molecular flexibility index (Phi) is 6.85. The highest BCUT2D eigenvalue weighted by Crippen LogP contribution is 2.19. The van der Waals surface area contributed by atoms with Gasteiger partial charge in [-0.1, -0.05) is 30.8 Å². The van der Waals surface area contributed by atoms with Crippen LogP contribution < -0.4 is 10.2 Å². The van der Waals surface area contributed by atoms with Crippen LogP contribution in [0.15, 0.2) is 66.1 Å². The number of aromatic nitrogens is 3. The van der Waals surface area contributed by atoms with E-state index >= 15 is 0 Å². The van der Waals surface area contributed by atoms with Gasteiger partial charge in [0.05, 0.1) is 18.8 Å². The number of rotatable bonds is 8. The third-order valence-electron chi connectivity index (χ3n) is 4.46. The highest BCUT2D eigenvalue weighted by molar-refractivity contribution is 7.80. The van der Waals surface area contributed by atoms with Gasteiger partial charge in [0.1, 0.15) is 6.33 Å². The van der Waals surface area contributed by atoms with E-state index in [1.54, 1.807) is 10.9 Å². The van der Waals surface area contributed by atoms with Crippen LogP contribution in [0, 0.1) is 0 Å². The van der Waals surface area contributed by atoms with Crippen LogP contribution in [0.5, 0.6) is 0 Å². The molecule has 0 spiro atoms. The van der Waals surface area contributed by atoms with Gasteiger partial charge in [-0.05, 0) is 30.3 Å². The molecule has 0 saturated carbocycles. The maximum absolute atomic E-state index is 12.7. The predicted molar refractivity (Wildman–Crippen MR) is 116 cm³/mol. The zero-order valence-corrected chi connectivity index (χ0v) is 17.9. The molecular weight excluding hydrogens is 390 g/mol. The van der Waals surface area contributed by atoms with Crippen LogP contribution in [0.1, 0.15) is 0 Å². The largest absolute Gasteiger partial charge is 0.395 e. The van der Waals surface area contributed by atoms with Gasteiger partial charge in [-0.2, -0.15) is 0 Å². The average Bonchev–Trinajstić information content (AvgIpc) is 3.15. The quantitative estimate of drug-likeness (QED) is 0.385. The van der Waals surface area contributed by atoms with E-state index in [0.29, 0.717) is 10.8 Å². The van der Waals surface area contributed by atoms with Crippen LogP contribution in [-0.2, 0) is 4.79 Å². The molecule has 2 aromatic carbocycles. The Labute approximate surface area is 171 Å². The summed E-state index contributed by atoms with van der Waals surface area (Å²) in [5, 5.41) is 20.9. The predicted octanol–water partition coefficient (Wildman–Crippen LogP) is 1.54. The van der Waals surface area contributed by atoms with Gasteiger partial charge in [0.25, 0.3) is 0 Å². The Balaban J connectivity index is 1.75. The fourth-order valence-corrected chi connectivity index (χ4v) is 4.26. The summed E-state index contributed by atoms with van der Waals surface area (Å²) in [4.78, 5) is 14.7. The first-order chi connectivity index (χ1) is 13.6. The summed E-state index contributed by atoms with van der Waals surface area (Å²) >= 11 is 4.27. The standard InChI is InChI=1S/C19H23N5O2SSi/c1-28-18(12-25)23(15-7-3-2-4-8-15)11-17(26)21-14-6-5-9-16(10-14)24-13-20-22-19(24)27/h2-10,13,18,25H,11-12,28H2,1H3,(H,21,26)(H,22,27). The van der Waals surface area contributed by atoms with Crippen LogP contribution in [0.25, 0.3) is 5.69 Å². The van der Waals surface area contributed by atoms with E-state index in [2.05, 4.69) is 34.7 Å². The molecule has 2 N–H and O–H groups in total. The maximum atomic E-state index is 12.7. The number of carbonyl (C=O) groups is 1. The van der Waals surface area contributed by atoms with E-state index in [0.717, 1.165) is 11.4 Å². The first kappa shape index (κ1) is 20.1. The smallest absolute Gasteiger partial charge is 0.243 e. The van der Waals surface area contributed by atoms with Crippen LogP contribution >= 0.6 is 12.6 Å². The minimum atomic E-state index is -0.546. The van der Waals surface area contributed by atoms with E-state index in [-0.39, 0.29) is 24.7 Å². The number of nitrogens with one attached hydrogen (secondary N) is 1. The number of nitrogens with zero attached hydrogens (tertiary/aromatic N) is 4. The lowest BCUT2D eigenvalue weighted by atomic mass is 10.2. The van der Waals surface area contributed by atoms with Gasteiger partial charge in [0.2, 0.25) is 5.91 Å². The highest BCUT2D eigenvalue weighted by atomic mass is 32.1. The fourth-order valence-electron chi connectivity index (χ4n) is 3.00. The molecule has 28 heavy (non-hydrogen) atoms. The number of hydrogen-bond donors (Lipinski definition) is 3. The zero-order chi connectivity index (χ0) is 19.9. The number of para-hydroxylation sites is 1. The summed E-state index contributed by atoms with van der Waals surface area (Å²) < 4.78 is 1.72. The molecule has 1 amide bonds. The van der Waals surface area contributed by atoms with E-state index in [9.17, 15) is 9.90 Å². The van der Waals surface area contributed by atoms with Crippen molar-refractivity contribution in [1.29, 1.82) is 0 Å². The first-order valence-corrected chi connectivity index (χ1v) is 11.7. The molecule has 146 valence electrons. The number of thiol groups is 1. The van der Waals surface area contributed by atoms with Crippen molar-refractivity contribution in [1.82, 2.24) is 14.8 Å². The Hall–Kier alpha value is -2.62. The monoisotopic (exact) mass is 413 g/mol. The lowest BCUT2D eigenvalue weighted by Gasteiger charge is -2.31. The van der Waals surface area contributed by atoms with Crippen molar-refractivity contribution in [3.8, 4) is 5.69 Å². The molecule has 0 aliphatic rings. The van der Waals surface area contributed by atoms with Gasteiger partial charge in [-0.15, -0.1) is 22.8 Å². The lowest BCUT2D eigenvalue weighted by molar-refractivity contribution is -0.115. The Bertz CT molecular complexity index is 917. The Morgan fingerprint density at radius 3 is 2.71 bits per heavy atom. The molecule has 0 aliphatic carbocycles. The molecule has 7 nitrogen and oxygen atoms in total. The van der Waals surface area contributed by atoms with Gasteiger partial charge >= 0.3 is 0 Å². The minimum absolute atomic E-state index is 0.00301. The second-order valence-electron chi connectivity index (χ2n) is 6.31. The van der Waals surface area contributed by atoms with E-state index in [1.165, 1.54) is 0 Å². The van der Waals surface area contributed by atoms with Crippen LogP contribution in [0.4, 0.5) is 11.4 Å². The second kappa shape index (κ2) is 9.54. The third kappa shape index (κ3) is 4.80. The number of aliphatic hydroxyl groups excluding tert-OH is 1. The normalized spacial score (nSPS) is 12.2. The van der Waals surface area contributed by atoms with Gasteiger partial charge in [0.15, 0.2) is 5.16 Å². The van der Waals surface area contributed by atoms with Crippen LogP contribution in [0.2, 0.25) is 6.55 Å². The molecule has 1 unspecified atom stereocenters. The lowest BCUT2D eigenvalue weighted by Crippen LogP contribution is -2.45. The van der Waals surface area contributed by atoms with Crippen molar-refractivity contribution in [3.05, 3.63) is 60.9 Å². The van der Waals surface area contributed by atoms with Gasteiger partial charge in [-0.3, -0.25) is 9.36 Å². The average molecular weight is 414 g/mol. The summed E-state index contributed by atoms with van der Waals surface area (Å²) in [5.74, 6) is -0.142. The number of aliphatic hydroxyl groups is 1. The molecule has 3 rings (SSSR count). The highest BCUT2D eigenvalue weighted by Gasteiger charge is 2.20. The molecule has 0 saturated heterocycles. The minimum Gasteiger partial charge on any atom is -0.395 e. The van der Waals surface area contributed by atoms with Gasteiger partial charge in [-0.25, -0.2) is 0 Å². The van der Waals surface area contributed by atoms with Crippen LogP contribution in [0.3, 0.4) is 0 Å². The molecule has 0 fully saturated rings. The van der Waals surface area contributed by atoms with Crippen molar-refractivity contribution >= 4 is 39.4 Å². The van der Waals surface area contributed by atoms with E-state index in [1.807, 2.05) is 59.5 Å². The Morgan fingerprint density at radius 1 is 1.29 bits per heavy atom. The molecule has 1 heterocycles. The van der Waals surface area contributed by atoms with Crippen molar-refractivity contribution < 1.29 is 9.90 Å². The number of amides is 1. The molecular formula is C19H23N5O2SSi. The van der Waals surface area contributed by atoms with Crippen molar-refractivity contribution in [2.45, 2.75) is 17.4 Å². The second-order valence-corrected chi connectivity index (χ2v) is 8.47. The van der Waals surface area contributed by atoms with Crippen molar-refractivity contribution in [2.75, 3.05) is 23.4 Å². The van der Waals surface area contributed by atoms with Crippen molar-refractivity contribution in [3.63, 3.8) is 0 Å². The Morgan fingerprint density at radius 2 is 2.07 bits per heavy atom. The van der Waals surface area contributed by atoms with Crippen molar-refractivity contribution in [2.24, 2.45) is 0 Å². The van der Waals surface area contributed by atoms with E-state index in [4.69, 9.17) is 0 Å². The molecule has 3 aromatic rings. The van der Waals surface area contributed by atoms with E-state index < -0.39 is 9.52 Å². The number of hydrogen-bond acceptors (Lipinski definition) is 6. The molecule has 0 bridgehead atoms. The SMILES string of the molecule is C[SiH2]C(CO)N(CC(=O)Nc1cccc(-n2cnnc2S)c1)c1ccccc1. The molecule has 0 aliphatic heterocycles. The topological polar surface area (TPSA) is 83.3 Å². The first-order valence-electron chi connectivity index (χ1n) is 9.04. The fraction of sp³-hybridized carbons (Fsp3) is 0.211. The zero-order valence-electron chi connectivity index (χ0n) is 15.6. The molecule has 1 aromatic heterocycles.